The SMILES string of the molecule is C=C(COc1cc(C(F)(F)F)ccc1NC(=O)NCc1ccc2c(c1F)CN(C1CCC(=O)NC1=O)C2=O)C(=O)OC(C)(C)C. The average molecular weight is 635 g/mol. The first-order chi connectivity index (χ1) is 20.9. The van der Waals surface area contributed by atoms with E-state index >= 15 is 4.39 Å². The highest BCUT2D eigenvalue weighted by molar-refractivity contribution is 6.05. The van der Waals surface area contributed by atoms with Crippen LogP contribution in [0, 0.1) is 5.82 Å². The molecule has 2 aliphatic rings. The van der Waals surface area contributed by atoms with Crippen molar-refractivity contribution in [1.29, 1.82) is 0 Å². The monoisotopic (exact) mass is 634 g/mol. The summed E-state index contributed by atoms with van der Waals surface area (Å²) in [7, 11) is 0. The van der Waals surface area contributed by atoms with E-state index in [1.165, 1.54) is 17.0 Å². The number of carbonyl (C=O) groups excluding carboxylic acids is 5. The molecular weight excluding hydrogens is 604 g/mol. The molecule has 2 aromatic rings. The lowest BCUT2D eigenvalue weighted by molar-refractivity contribution is -0.150. The van der Waals surface area contributed by atoms with Gasteiger partial charge in [-0.3, -0.25) is 19.7 Å². The molecule has 45 heavy (non-hydrogen) atoms. The Morgan fingerprint density at radius 2 is 1.82 bits per heavy atom. The Labute approximate surface area is 254 Å². The van der Waals surface area contributed by atoms with E-state index in [0.717, 1.165) is 12.1 Å². The van der Waals surface area contributed by atoms with Crippen LogP contribution in [0.2, 0.25) is 0 Å². The van der Waals surface area contributed by atoms with Crippen molar-refractivity contribution in [3.8, 4) is 5.75 Å². The number of nitrogens with zero attached hydrogens (tertiary/aromatic N) is 1. The maximum absolute atomic E-state index is 15.4. The number of rotatable bonds is 8. The van der Waals surface area contributed by atoms with Crippen LogP contribution in [0.5, 0.6) is 5.75 Å². The van der Waals surface area contributed by atoms with E-state index in [2.05, 4.69) is 22.5 Å². The number of halogens is 4. The second kappa shape index (κ2) is 12.6. The van der Waals surface area contributed by atoms with Crippen molar-refractivity contribution < 1.29 is 51.0 Å². The van der Waals surface area contributed by atoms with Gasteiger partial charge >= 0.3 is 18.2 Å². The second-order valence-electron chi connectivity index (χ2n) is 11.4. The van der Waals surface area contributed by atoms with Gasteiger partial charge in [-0.2, -0.15) is 13.2 Å². The molecule has 2 aliphatic heterocycles. The quantitative estimate of drug-likeness (QED) is 0.171. The zero-order valence-electron chi connectivity index (χ0n) is 24.5. The van der Waals surface area contributed by atoms with Crippen molar-refractivity contribution in [1.82, 2.24) is 15.5 Å². The predicted octanol–water partition coefficient (Wildman–Crippen LogP) is 4.20. The molecule has 3 N–H and O–H groups in total. The number of alkyl halides is 3. The van der Waals surface area contributed by atoms with Crippen LogP contribution in [0.3, 0.4) is 0 Å². The van der Waals surface area contributed by atoms with Gasteiger partial charge in [0.2, 0.25) is 11.8 Å². The molecule has 4 rings (SSSR count). The molecule has 1 fully saturated rings. The normalized spacial score (nSPS) is 16.6. The third kappa shape index (κ3) is 7.77. The Balaban J connectivity index is 1.43. The van der Waals surface area contributed by atoms with Gasteiger partial charge in [0, 0.05) is 29.7 Å². The fraction of sp³-hybridized carbons (Fsp3) is 0.367. The van der Waals surface area contributed by atoms with E-state index in [-0.39, 0.29) is 53.9 Å². The van der Waals surface area contributed by atoms with Crippen molar-refractivity contribution in [3.05, 3.63) is 70.6 Å². The fourth-order valence-corrected chi connectivity index (χ4v) is 4.63. The number of fused-ring (bicyclic) bond motifs is 1. The molecule has 0 bridgehead atoms. The van der Waals surface area contributed by atoms with Crippen LogP contribution in [0.15, 0.2) is 42.5 Å². The van der Waals surface area contributed by atoms with Crippen LogP contribution in [0.1, 0.15) is 60.7 Å². The summed E-state index contributed by atoms with van der Waals surface area (Å²) >= 11 is 0. The van der Waals surface area contributed by atoms with Gasteiger partial charge in [-0.15, -0.1) is 0 Å². The molecule has 5 amide bonds. The van der Waals surface area contributed by atoms with Crippen LogP contribution < -0.4 is 20.7 Å². The lowest BCUT2D eigenvalue weighted by Gasteiger charge is -2.29. The Bertz CT molecular complexity index is 1580. The molecular formula is C30H30F4N4O7. The van der Waals surface area contributed by atoms with Crippen molar-refractivity contribution in [3.63, 3.8) is 0 Å². The van der Waals surface area contributed by atoms with Gasteiger partial charge in [0.1, 0.15) is 29.8 Å². The third-order valence-electron chi connectivity index (χ3n) is 6.82. The van der Waals surface area contributed by atoms with E-state index in [1.54, 1.807) is 20.8 Å². The van der Waals surface area contributed by atoms with E-state index in [4.69, 9.17) is 9.47 Å². The van der Waals surface area contributed by atoms with E-state index < -0.39 is 71.3 Å². The maximum atomic E-state index is 15.4. The van der Waals surface area contributed by atoms with Crippen molar-refractivity contribution in [2.24, 2.45) is 0 Å². The minimum Gasteiger partial charge on any atom is -0.486 e. The largest absolute Gasteiger partial charge is 0.486 e. The summed E-state index contributed by atoms with van der Waals surface area (Å²) in [6.07, 6.45) is -4.60. The van der Waals surface area contributed by atoms with Crippen LogP contribution in [-0.2, 0) is 38.4 Å². The van der Waals surface area contributed by atoms with E-state index in [0.29, 0.717) is 6.07 Å². The Morgan fingerprint density at radius 1 is 1.11 bits per heavy atom. The lowest BCUT2D eigenvalue weighted by atomic mass is 10.0. The zero-order valence-corrected chi connectivity index (χ0v) is 24.5. The fourth-order valence-electron chi connectivity index (χ4n) is 4.63. The Kier molecular flexibility index (Phi) is 9.21. The number of benzene rings is 2. The molecule has 2 aromatic carbocycles. The second-order valence-corrected chi connectivity index (χ2v) is 11.4. The highest BCUT2D eigenvalue weighted by Gasteiger charge is 2.40. The van der Waals surface area contributed by atoms with Gasteiger partial charge < -0.3 is 25.0 Å². The van der Waals surface area contributed by atoms with Crippen molar-refractivity contribution in [2.45, 2.75) is 64.5 Å². The molecule has 240 valence electrons. The topological polar surface area (TPSA) is 143 Å². The summed E-state index contributed by atoms with van der Waals surface area (Å²) < 4.78 is 66.1. The minimum absolute atomic E-state index is 0.000578. The number of anilines is 1. The number of urea groups is 1. The van der Waals surface area contributed by atoms with Gasteiger partial charge in [0.05, 0.1) is 23.4 Å². The number of carbonyl (C=O) groups is 5. The molecule has 1 unspecified atom stereocenters. The van der Waals surface area contributed by atoms with Crippen molar-refractivity contribution >= 4 is 35.4 Å². The molecule has 1 saturated heterocycles. The van der Waals surface area contributed by atoms with Gasteiger partial charge in [-0.05, 0) is 51.5 Å². The average Bonchev–Trinajstić information content (AvgIpc) is 3.27. The smallest absolute Gasteiger partial charge is 0.416 e. The van der Waals surface area contributed by atoms with Gasteiger partial charge in [-0.1, -0.05) is 12.6 Å². The molecule has 0 aromatic heterocycles. The molecule has 2 heterocycles. The molecule has 0 saturated carbocycles. The number of amides is 5. The number of ether oxygens (including phenoxy) is 2. The number of imide groups is 1. The molecule has 11 nitrogen and oxygen atoms in total. The first kappa shape index (κ1) is 33.0. The lowest BCUT2D eigenvalue weighted by Crippen LogP contribution is -2.52. The molecule has 1 atom stereocenters. The van der Waals surface area contributed by atoms with Crippen LogP contribution in [-0.4, -0.2) is 52.9 Å². The number of esters is 1. The maximum Gasteiger partial charge on any atom is 0.416 e. The first-order valence-corrected chi connectivity index (χ1v) is 13.7. The highest BCUT2D eigenvalue weighted by Crippen LogP contribution is 2.36. The van der Waals surface area contributed by atoms with E-state index in [1.807, 2.05) is 0 Å². The van der Waals surface area contributed by atoms with Gasteiger partial charge in [0.15, 0.2) is 0 Å². The third-order valence-corrected chi connectivity index (χ3v) is 6.82. The number of hydrogen-bond acceptors (Lipinski definition) is 7. The van der Waals surface area contributed by atoms with E-state index in [9.17, 15) is 37.1 Å². The van der Waals surface area contributed by atoms with Crippen LogP contribution in [0.4, 0.5) is 28.0 Å². The standard InChI is InChI=1S/C30H30F4N4O7/c1-15(27(42)45-29(2,3)4)14-44-22-11-17(30(32,33)34)6-8-20(22)36-28(43)35-12-16-5-7-18-19(24(16)31)13-38(26(18)41)21-9-10-23(39)37-25(21)40/h5-8,11,21H,1,9-10,12-14H2,2-4H3,(H2,35,36,43)(H,37,39,40). The number of piperidine rings is 1. The van der Waals surface area contributed by atoms with Crippen molar-refractivity contribution in [2.75, 3.05) is 11.9 Å². The van der Waals surface area contributed by atoms with Gasteiger partial charge in [-0.25, -0.2) is 14.0 Å². The summed E-state index contributed by atoms with van der Waals surface area (Å²) in [6, 6.07) is 3.11. The summed E-state index contributed by atoms with van der Waals surface area (Å²) in [6.45, 7) is 7.28. The zero-order chi connectivity index (χ0) is 33.3. The molecule has 0 aliphatic carbocycles. The highest BCUT2D eigenvalue weighted by atomic mass is 19.4. The molecule has 15 heteroatoms. The Hall–Kier alpha value is -4.95. The van der Waals surface area contributed by atoms with Gasteiger partial charge in [0.25, 0.3) is 5.91 Å². The van der Waals surface area contributed by atoms with Crippen LogP contribution in [0.25, 0.3) is 0 Å². The molecule has 0 radical (unpaired) electrons. The summed E-state index contributed by atoms with van der Waals surface area (Å²) in [5.41, 5.74) is -2.22. The summed E-state index contributed by atoms with van der Waals surface area (Å²) in [5, 5.41) is 6.90. The summed E-state index contributed by atoms with van der Waals surface area (Å²) in [4.78, 5) is 62.6. The van der Waals surface area contributed by atoms with Crippen LogP contribution >= 0.6 is 0 Å². The number of hydrogen-bond donors (Lipinski definition) is 3. The number of nitrogens with one attached hydrogen (secondary N) is 3. The minimum atomic E-state index is -4.73. The Morgan fingerprint density at radius 3 is 2.47 bits per heavy atom. The summed E-state index contributed by atoms with van der Waals surface area (Å²) in [5.74, 6) is -3.69. The molecule has 0 spiro atoms. The first-order valence-electron chi connectivity index (χ1n) is 13.7. The predicted molar refractivity (Wildman–Crippen MR) is 150 cm³/mol.